The van der Waals surface area contributed by atoms with Crippen molar-refractivity contribution in [3.8, 4) is 11.1 Å². The third-order valence-corrected chi connectivity index (χ3v) is 5.87. The first kappa shape index (κ1) is 23.3. The number of nitrogens with zero attached hydrogens (tertiary/aromatic N) is 3. The van der Waals surface area contributed by atoms with Gasteiger partial charge in [-0.1, -0.05) is 42.8 Å². The fourth-order valence-corrected chi connectivity index (χ4v) is 4.11. The molecular formula is C23H21ClF4N4O. The van der Waals surface area contributed by atoms with E-state index in [0.717, 1.165) is 27.1 Å². The predicted molar refractivity (Wildman–Crippen MR) is 118 cm³/mol. The molecule has 0 spiro atoms. The molecule has 0 amide bonds. The number of aliphatic hydroxyl groups is 1. The average molecular weight is 481 g/mol. The molecule has 1 aliphatic heterocycles. The Bertz CT molecular complexity index is 1220. The zero-order valence-corrected chi connectivity index (χ0v) is 18.5. The van der Waals surface area contributed by atoms with Crippen LogP contribution in [0.25, 0.3) is 22.0 Å². The van der Waals surface area contributed by atoms with Crippen LogP contribution in [0.2, 0.25) is 5.15 Å². The minimum absolute atomic E-state index is 0.210. The molecule has 33 heavy (non-hydrogen) atoms. The number of benzene rings is 2. The van der Waals surface area contributed by atoms with Gasteiger partial charge in [0.25, 0.3) is 0 Å². The normalized spacial score (nSPS) is 16.3. The van der Waals surface area contributed by atoms with Gasteiger partial charge in [0, 0.05) is 18.6 Å². The zero-order valence-electron chi connectivity index (χ0n) is 17.8. The third-order valence-electron chi connectivity index (χ3n) is 5.67. The van der Waals surface area contributed by atoms with Gasteiger partial charge in [0.2, 0.25) is 5.60 Å². The highest BCUT2D eigenvalue weighted by atomic mass is 35.5. The highest BCUT2D eigenvalue weighted by Gasteiger charge is 2.57. The molecule has 1 aromatic heterocycles. The van der Waals surface area contributed by atoms with Crippen molar-refractivity contribution in [2.75, 3.05) is 7.05 Å². The van der Waals surface area contributed by atoms with Crippen molar-refractivity contribution >= 4 is 22.5 Å². The Balaban J connectivity index is 1.65. The van der Waals surface area contributed by atoms with E-state index in [2.05, 4.69) is 10.5 Å². The fourth-order valence-electron chi connectivity index (χ4n) is 3.91. The number of hydrogen-bond acceptors (Lipinski definition) is 5. The van der Waals surface area contributed by atoms with Crippen LogP contribution in [0.3, 0.4) is 0 Å². The Morgan fingerprint density at radius 2 is 1.79 bits per heavy atom. The first-order chi connectivity index (χ1) is 15.5. The number of nitrogens with one attached hydrogen (secondary N) is 1. The fraction of sp³-hybridized carbons (Fsp3) is 0.261. The summed E-state index contributed by atoms with van der Waals surface area (Å²) in [5.41, 5.74) is 2.46. The maximum atomic E-state index is 13.5. The lowest BCUT2D eigenvalue weighted by molar-refractivity contribution is -0.251. The summed E-state index contributed by atoms with van der Waals surface area (Å²) in [5.74, 6) is -0.346. The summed E-state index contributed by atoms with van der Waals surface area (Å²) >= 11 is 6.22. The molecule has 0 fully saturated rings. The van der Waals surface area contributed by atoms with E-state index in [4.69, 9.17) is 11.6 Å². The number of rotatable bonds is 5. The number of halogens is 5. The molecular weight excluding hydrogens is 460 g/mol. The molecule has 3 aromatic rings. The zero-order chi connectivity index (χ0) is 24.0. The second kappa shape index (κ2) is 8.48. The lowest BCUT2D eigenvalue weighted by atomic mass is 9.96. The van der Waals surface area contributed by atoms with E-state index in [1.54, 1.807) is 24.3 Å². The topological polar surface area (TPSA) is 51.6 Å². The van der Waals surface area contributed by atoms with Gasteiger partial charge >= 0.3 is 6.18 Å². The quantitative estimate of drug-likeness (QED) is 0.378. The Morgan fingerprint density at radius 1 is 1.09 bits per heavy atom. The third kappa shape index (κ3) is 4.36. The first-order valence-electron chi connectivity index (χ1n) is 10.1. The Kier molecular flexibility index (Phi) is 5.98. The molecule has 5 nitrogen and oxygen atoms in total. The lowest BCUT2D eigenvalue weighted by Crippen LogP contribution is -2.51. The van der Waals surface area contributed by atoms with Gasteiger partial charge in [-0.3, -0.25) is 10.0 Å². The van der Waals surface area contributed by atoms with E-state index in [0.29, 0.717) is 5.52 Å². The SMILES string of the molecule is CCC(O)(C1=CN(Cc2ccc3c(-c4ccc(F)cc4)cc(Cl)nc3c2)NN1C)C(F)(F)F. The molecule has 174 valence electrons. The van der Waals surface area contributed by atoms with Crippen molar-refractivity contribution in [3.05, 3.63) is 77.0 Å². The molecule has 4 rings (SSSR count). The lowest BCUT2D eigenvalue weighted by Gasteiger charge is -2.33. The number of hydrogen-bond donors (Lipinski definition) is 2. The van der Waals surface area contributed by atoms with Gasteiger partial charge < -0.3 is 5.11 Å². The van der Waals surface area contributed by atoms with Gasteiger partial charge in [-0.25, -0.2) is 9.37 Å². The average Bonchev–Trinajstić information content (AvgIpc) is 3.12. The molecule has 10 heteroatoms. The standard InChI is InChI=1S/C23H21ClF4N4O/c1-3-22(33,23(26,27)28)20-13-32(30-31(20)2)12-14-4-9-17-18(11-21(24)29-19(17)10-14)15-5-7-16(25)8-6-15/h4-11,13,30,33H,3,12H2,1-2H3. The maximum absolute atomic E-state index is 13.5. The number of aromatic nitrogens is 1. The molecule has 0 aliphatic carbocycles. The van der Waals surface area contributed by atoms with Crippen LogP contribution >= 0.6 is 11.6 Å². The van der Waals surface area contributed by atoms with Crippen LogP contribution in [-0.4, -0.2) is 38.9 Å². The number of alkyl halides is 3. The number of hydrazine groups is 2. The summed E-state index contributed by atoms with van der Waals surface area (Å²) in [6, 6.07) is 13.2. The highest BCUT2D eigenvalue weighted by Crippen LogP contribution is 2.41. The predicted octanol–water partition coefficient (Wildman–Crippen LogP) is 5.41. The van der Waals surface area contributed by atoms with Gasteiger partial charge in [-0.15, -0.1) is 5.53 Å². The summed E-state index contributed by atoms with van der Waals surface area (Å²) in [6.07, 6.45) is -4.09. The summed E-state index contributed by atoms with van der Waals surface area (Å²) in [7, 11) is 1.41. The molecule has 1 aliphatic rings. The highest BCUT2D eigenvalue weighted by molar-refractivity contribution is 6.30. The number of fused-ring (bicyclic) bond motifs is 1. The molecule has 1 atom stereocenters. The van der Waals surface area contributed by atoms with Crippen molar-refractivity contribution in [1.29, 1.82) is 0 Å². The van der Waals surface area contributed by atoms with Crippen molar-refractivity contribution in [3.63, 3.8) is 0 Å². The van der Waals surface area contributed by atoms with Crippen LogP contribution in [0.5, 0.6) is 0 Å². The van der Waals surface area contributed by atoms with Crippen LogP contribution in [0.1, 0.15) is 18.9 Å². The van der Waals surface area contributed by atoms with Gasteiger partial charge in [0.1, 0.15) is 11.0 Å². The molecule has 2 heterocycles. The van der Waals surface area contributed by atoms with Crippen molar-refractivity contribution < 1.29 is 22.7 Å². The maximum Gasteiger partial charge on any atom is 0.422 e. The first-order valence-corrected chi connectivity index (χ1v) is 10.5. The molecule has 0 saturated carbocycles. The van der Waals surface area contributed by atoms with E-state index in [1.807, 2.05) is 12.1 Å². The van der Waals surface area contributed by atoms with Crippen LogP contribution < -0.4 is 5.53 Å². The Hall–Kier alpha value is -2.88. The molecule has 0 bridgehead atoms. The van der Waals surface area contributed by atoms with Crippen molar-refractivity contribution in [1.82, 2.24) is 20.5 Å². The molecule has 2 N–H and O–H groups in total. The Morgan fingerprint density at radius 3 is 2.42 bits per heavy atom. The van der Waals surface area contributed by atoms with Crippen molar-refractivity contribution in [2.24, 2.45) is 0 Å². The molecule has 0 radical (unpaired) electrons. The van der Waals surface area contributed by atoms with Crippen LogP contribution in [-0.2, 0) is 6.54 Å². The monoisotopic (exact) mass is 480 g/mol. The summed E-state index contributed by atoms with van der Waals surface area (Å²) in [4.78, 5) is 4.37. The minimum atomic E-state index is -4.82. The summed E-state index contributed by atoms with van der Waals surface area (Å²) in [6.45, 7) is 1.49. The van der Waals surface area contributed by atoms with Crippen LogP contribution in [0.4, 0.5) is 17.6 Å². The largest absolute Gasteiger partial charge is 0.422 e. The summed E-state index contributed by atoms with van der Waals surface area (Å²) in [5, 5.41) is 14.0. The van der Waals surface area contributed by atoms with E-state index >= 15 is 0 Å². The molecule has 1 unspecified atom stereocenters. The van der Waals surface area contributed by atoms with Gasteiger partial charge in [0.05, 0.1) is 17.8 Å². The van der Waals surface area contributed by atoms with E-state index in [1.165, 1.54) is 37.3 Å². The number of likely N-dealkylation sites (N-methyl/N-ethyl adjacent to an activating group) is 1. The van der Waals surface area contributed by atoms with E-state index in [9.17, 15) is 22.7 Å². The van der Waals surface area contributed by atoms with E-state index < -0.39 is 18.2 Å². The minimum Gasteiger partial charge on any atom is -0.375 e. The second-order valence-corrected chi connectivity index (χ2v) is 8.25. The molecule has 0 saturated heterocycles. The van der Waals surface area contributed by atoms with Gasteiger partial charge in [-0.2, -0.15) is 13.2 Å². The Labute approximate surface area is 192 Å². The van der Waals surface area contributed by atoms with Gasteiger partial charge in [0.15, 0.2) is 0 Å². The summed E-state index contributed by atoms with van der Waals surface area (Å²) < 4.78 is 53.8. The smallest absolute Gasteiger partial charge is 0.375 e. The van der Waals surface area contributed by atoms with Gasteiger partial charge in [-0.05, 0) is 47.4 Å². The molecule has 2 aromatic carbocycles. The van der Waals surface area contributed by atoms with Crippen LogP contribution in [0.15, 0.2) is 60.4 Å². The number of pyridine rings is 1. The second-order valence-electron chi connectivity index (χ2n) is 7.86. The van der Waals surface area contributed by atoms with Crippen molar-refractivity contribution in [2.45, 2.75) is 31.7 Å². The van der Waals surface area contributed by atoms with E-state index in [-0.39, 0.29) is 23.2 Å². The van der Waals surface area contributed by atoms with Crippen LogP contribution in [0, 0.1) is 5.82 Å².